The normalized spacial score (nSPS) is 33.7. The number of carboxylic acid groups (broad SMARTS) is 1. The highest BCUT2D eigenvalue weighted by molar-refractivity contribution is 5.73. The van der Waals surface area contributed by atoms with E-state index < -0.39 is 12.0 Å². The second kappa shape index (κ2) is 2.98. The van der Waals surface area contributed by atoms with Crippen LogP contribution in [0.15, 0.2) is 0 Å². The molecule has 0 aliphatic carbocycles. The van der Waals surface area contributed by atoms with Crippen LogP contribution >= 0.6 is 0 Å². The third kappa shape index (κ3) is 1.68. The number of piperazine rings is 1. The van der Waals surface area contributed by atoms with Gasteiger partial charge in [0.2, 0.25) is 0 Å². The van der Waals surface area contributed by atoms with Crippen LogP contribution in [0, 0.1) is 0 Å². The van der Waals surface area contributed by atoms with Gasteiger partial charge in [0.15, 0.2) is 0 Å². The topological polar surface area (TPSA) is 61.4 Å². The van der Waals surface area contributed by atoms with Crippen molar-refractivity contribution in [2.45, 2.75) is 19.0 Å². The first-order chi connectivity index (χ1) is 4.70. The SMILES string of the molecule is CC1CNCC(C(=O)O)N1. The Hall–Kier alpha value is -0.610. The molecule has 0 spiro atoms. The summed E-state index contributed by atoms with van der Waals surface area (Å²) in [5.74, 6) is -0.779. The third-order valence-electron chi connectivity index (χ3n) is 1.58. The first-order valence-electron chi connectivity index (χ1n) is 3.39. The number of carbonyl (C=O) groups is 1. The lowest BCUT2D eigenvalue weighted by molar-refractivity contribution is -0.139. The van der Waals surface area contributed by atoms with E-state index in [0.29, 0.717) is 6.54 Å². The van der Waals surface area contributed by atoms with E-state index in [4.69, 9.17) is 5.11 Å². The van der Waals surface area contributed by atoms with Crippen molar-refractivity contribution in [2.75, 3.05) is 13.1 Å². The minimum absolute atomic E-state index is 0.259. The Morgan fingerprint density at radius 3 is 2.70 bits per heavy atom. The zero-order valence-electron chi connectivity index (χ0n) is 5.92. The predicted molar refractivity (Wildman–Crippen MR) is 36.9 cm³/mol. The summed E-state index contributed by atoms with van der Waals surface area (Å²) in [4.78, 5) is 10.4. The number of carboxylic acids is 1. The van der Waals surface area contributed by atoms with E-state index in [1.165, 1.54) is 0 Å². The summed E-state index contributed by atoms with van der Waals surface area (Å²) in [6, 6.07) is -0.154. The van der Waals surface area contributed by atoms with E-state index in [-0.39, 0.29) is 6.04 Å². The van der Waals surface area contributed by atoms with Gasteiger partial charge in [-0.15, -0.1) is 0 Å². The molecule has 0 amide bonds. The summed E-state index contributed by atoms with van der Waals surface area (Å²) in [7, 11) is 0. The molecule has 4 heteroatoms. The van der Waals surface area contributed by atoms with Crippen LogP contribution in [0.2, 0.25) is 0 Å². The molecule has 2 unspecified atom stereocenters. The van der Waals surface area contributed by atoms with Gasteiger partial charge in [-0.05, 0) is 6.92 Å². The monoisotopic (exact) mass is 144 g/mol. The van der Waals surface area contributed by atoms with Gasteiger partial charge in [-0.1, -0.05) is 0 Å². The van der Waals surface area contributed by atoms with E-state index in [2.05, 4.69) is 10.6 Å². The van der Waals surface area contributed by atoms with Crippen molar-refractivity contribution >= 4 is 5.97 Å². The fraction of sp³-hybridized carbons (Fsp3) is 0.833. The molecule has 0 aromatic carbocycles. The smallest absolute Gasteiger partial charge is 0.322 e. The van der Waals surface area contributed by atoms with Crippen LogP contribution < -0.4 is 10.6 Å². The predicted octanol–water partition coefficient (Wildman–Crippen LogP) is -0.979. The van der Waals surface area contributed by atoms with Crippen LogP contribution in [-0.2, 0) is 4.79 Å². The molecule has 0 aromatic rings. The third-order valence-corrected chi connectivity index (χ3v) is 1.58. The molecule has 10 heavy (non-hydrogen) atoms. The molecule has 1 heterocycles. The quantitative estimate of drug-likeness (QED) is 0.442. The summed E-state index contributed by atoms with van der Waals surface area (Å²) in [5, 5.41) is 14.5. The molecule has 0 radical (unpaired) electrons. The Bertz CT molecular complexity index is 138. The van der Waals surface area contributed by atoms with Crippen LogP contribution in [0.4, 0.5) is 0 Å². The standard InChI is InChI=1S/C6H12N2O2/c1-4-2-7-3-5(8-4)6(9)10/h4-5,7-8H,2-3H2,1H3,(H,9,10). The maximum absolute atomic E-state index is 10.4. The van der Waals surface area contributed by atoms with E-state index in [0.717, 1.165) is 6.54 Å². The minimum Gasteiger partial charge on any atom is -0.480 e. The molecular formula is C6H12N2O2. The average molecular weight is 144 g/mol. The summed E-state index contributed by atoms with van der Waals surface area (Å²) in [6.45, 7) is 3.34. The van der Waals surface area contributed by atoms with Gasteiger partial charge in [0.1, 0.15) is 6.04 Å². The van der Waals surface area contributed by atoms with Gasteiger partial charge >= 0.3 is 5.97 Å². The van der Waals surface area contributed by atoms with E-state index in [1.807, 2.05) is 6.92 Å². The van der Waals surface area contributed by atoms with Crippen molar-refractivity contribution in [2.24, 2.45) is 0 Å². The zero-order valence-corrected chi connectivity index (χ0v) is 5.92. The van der Waals surface area contributed by atoms with Gasteiger partial charge in [0.25, 0.3) is 0 Å². The van der Waals surface area contributed by atoms with Crippen molar-refractivity contribution in [3.63, 3.8) is 0 Å². The lowest BCUT2D eigenvalue weighted by atomic mass is 10.2. The second-order valence-corrected chi connectivity index (χ2v) is 2.62. The first-order valence-corrected chi connectivity index (χ1v) is 3.39. The molecule has 0 saturated carbocycles. The summed E-state index contributed by atoms with van der Waals surface area (Å²) < 4.78 is 0. The maximum atomic E-state index is 10.4. The molecule has 0 aromatic heterocycles. The minimum atomic E-state index is -0.779. The average Bonchev–Trinajstić information content (AvgIpc) is 1.88. The Labute approximate surface area is 59.6 Å². The Morgan fingerprint density at radius 2 is 2.30 bits per heavy atom. The van der Waals surface area contributed by atoms with Crippen LogP contribution in [0.5, 0.6) is 0 Å². The van der Waals surface area contributed by atoms with Crippen LogP contribution in [0.3, 0.4) is 0 Å². The molecule has 0 bridgehead atoms. The lowest BCUT2D eigenvalue weighted by Gasteiger charge is -2.26. The number of nitrogens with one attached hydrogen (secondary N) is 2. The van der Waals surface area contributed by atoms with E-state index >= 15 is 0 Å². The molecule has 1 aliphatic heterocycles. The molecule has 58 valence electrons. The van der Waals surface area contributed by atoms with Gasteiger partial charge < -0.3 is 10.4 Å². The van der Waals surface area contributed by atoms with Gasteiger partial charge in [-0.2, -0.15) is 0 Å². The molecule has 1 saturated heterocycles. The molecule has 1 fully saturated rings. The highest BCUT2D eigenvalue weighted by Crippen LogP contribution is 1.92. The molecular weight excluding hydrogens is 132 g/mol. The highest BCUT2D eigenvalue weighted by atomic mass is 16.4. The van der Waals surface area contributed by atoms with Crippen LogP contribution in [0.1, 0.15) is 6.92 Å². The number of aliphatic carboxylic acids is 1. The van der Waals surface area contributed by atoms with Gasteiger partial charge in [0, 0.05) is 19.1 Å². The van der Waals surface area contributed by atoms with Crippen molar-refractivity contribution in [3.8, 4) is 0 Å². The first kappa shape index (κ1) is 7.50. The molecule has 4 nitrogen and oxygen atoms in total. The fourth-order valence-corrected chi connectivity index (χ4v) is 1.06. The van der Waals surface area contributed by atoms with Crippen LogP contribution in [0.25, 0.3) is 0 Å². The lowest BCUT2D eigenvalue weighted by Crippen LogP contribution is -2.56. The van der Waals surface area contributed by atoms with Gasteiger partial charge in [-0.3, -0.25) is 10.1 Å². The number of rotatable bonds is 1. The Balaban J connectivity index is 2.39. The van der Waals surface area contributed by atoms with Gasteiger partial charge in [-0.25, -0.2) is 0 Å². The van der Waals surface area contributed by atoms with Crippen molar-refractivity contribution < 1.29 is 9.90 Å². The molecule has 2 atom stereocenters. The molecule has 3 N–H and O–H groups in total. The zero-order chi connectivity index (χ0) is 7.56. The number of hydrogen-bond acceptors (Lipinski definition) is 3. The van der Waals surface area contributed by atoms with E-state index in [9.17, 15) is 4.79 Å². The Morgan fingerprint density at radius 1 is 1.60 bits per heavy atom. The Kier molecular flexibility index (Phi) is 2.24. The maximum Gasteiger partial charge on any atom is 0.322 e. The fourth-order valence-electron chi connectivity index (χ4n) is 1.06. The summed E-state index contributed by atoms with van der Waals surface area (Å²) >= 11 is 0. The van der Waals surface area contributed by atoms with Crippen LogP contribution in [-0.4, -0.2) is 36.2 Å². The van der Waals surface area contributed by atoms with Gasteiger partial charge in [0.05, 0.1) is 0 Å². The van der Waals surface area contributed by atoms with Crippen molar-refractivity contribution in [1.82, 2.24) is 10.6 Å². The van der Waals surface area contributed by atoms with E-state index in [1.54, 1.807) is 0 Å². The largest absolute Gasteiger partial charge is 0.480 e. The van der Waals surface area contributed by atoms with Crippen molar-refractivity contribution in [3.05, 3.63) is 0 Å². The highest BCUT2D eigenvalue weighted by Gasteiger charge is 2.22. The van der Waals surface area contributed by atoms with Crippen molar-refractivity contribution in [1.29, 1.82) is 0 Å². The summed E-state index contributed by atoms with van der Waals surface area (Å²) in [5.41, 5.74) is 0. The summed E-state index contributed by atoms with van der Waals surface area (Å²) in [6.07, 6.45) is 0. The number of hydrogen-bond donors (Lipinski definition) is 3. The molecule has 1 rings (SSSR count). The second-order valence-electron chi connectivity index (χ2n) is 2.62. The molecule has 1 aliphatic rings.